The monoisotopic (exact) mass is 377 g/mol. The highest BCUT2D eigenvalue weighted by Crippen LogP contribution is 2.46. The normalized spacial score (nSPS) is 19.2. The number of aryl methyl sites for hydroxylation is 3. The Morgan fingerprint density at radius 3 is 2.10 bits per heavy atom. The zero-order chi connectivity index (χ0) is 20.2. The fourth-order valence-corrected chi connectivity index (χ4v) is 4.74. The first-order chi connectivity index (χ1) is 14.0. The summed E-state index contributed by atoms with van der Waals surface area (Å²) in [5.41, 5.74) is 6.55. The van der Waals surface area contributed by atoms with Gasteiger partial charge in [-0.05, 0) is 48.2 Å². The number of rotatable bonds is 2. The van der Waals surface area contributed by atoms with E-state index < -0.39 is 5.60 Å². The second-order valence-electron chi connectivity index (χ2n) is 7.99. The Bertz CT molecular complexity index is 1260. The van der Waals surface area contributed by atoms with Crippen molar-refractivity contribution in [3.63, 3.8) is 0 Å². The number of benzene rings is 4. The molecule has 0 aromatic heterocycles. The van der Waals surface area contributed by atoms with Crippen LogP contribution in [0.1, 0.15) is 33.4 Å². The molecular formula is C27H23NO. The lowest BCUT2D eigenvalue weighted by Crippen LogP contribution is -2.33. The molecule has 2 heteroatoms. The second kappa shape index (κ2) is 6.40. The number of hydrogen-bond donors (Lipinski definition) is 1. The Morgan fingerprint density at radius 1 is 0.759 bits per heavy atom. The van der Waals surface area contributed by atoms with Crippen LogP contribution in [0.15, 0.2) is 83.9 Å². The van der Waals surface area contributed by atoms with Crippen LogP contribution in [-0.2, 0) is 5.60 Å². The molecule has 142 valence electrons. The lowest BCUT2D eigenvalue weighted by molar-refractivity contribution is 0.160. The van der Waals surface area contributed by atoms with Gasteiger partial charge in [0.1, 0.15) is 0 Å². The van der Waals surface area contributed by atoms with Gasteiger partial charge in [0, 0.05) is 11.1 Å². The van der Waals surface area contributed by atoms with E-state index in [2.05, 4.69) is 51.1 Å². The number of aliphatic imine (C=N–C) groups is 1. The fourth-order valence-electron chi connectivity index (χ4n) is 4.74. The van der Waals surface area contributed by atoms with Crippen molar-refractivity contribution in [1.82, 2.24) is 0 Å². The molecule has 1 aliphatic rings. The molecule has 4 aromatic carbocycles. The zero-order valence-electron chi connectivity index (χ0n) is 16.9. The van der Waals surface area contributed by atoms with Crippen LogP contribution in [0, 0.1) is 20.8 Å². The van der Waals surface area contributed by atoms with E-state index in [-0.39, 0.29) is 0 Å². The molecule has 4 aromatic rings. The van der Waals surface area contributed by atoms with Crippen molar-refractivity contribution in [2.24, 2.45) is 4.99 Å². The molecular weight excluding hydrogens is 354 g/mol. The predicted molar refractivity (Wildman–Crippen MR) is 120 cm³/mol. The van der Waals surface area contributed by atoms with Crippen LogP contribution >= 0.6 is 0 Å². The Kier molecular flexibility index (Phi) is 3.94. The summed E-state index contributed by atoms with van der Waals surface area (Å²) in [5, 5.41) is 14.4. The molecule has 29 heavy (non-hydrogen) atoms. The van der Waals surface area contributed by atoms with Gasteiger partial charge in [-0.3, -0.25) is 0 Å². The highest BCUT2D eigenvalue weighted by molar-refractivity contribution is 6.24. The molecule has 0 bridgehead atoms. The van der Waals surface area contributed by atoms with Gasteiger partial charge in [0.05, 0.1) is 11.4 Å². The van der Waals surface area contributed by atoms with Gasteiger partial charge in [-0.15, -0.1) is 0 Å². The molecule has 0 aliphatic heterocycles. The van der Waals surface area contributed by atoms with Gasteiger partial charge < -0.3 is 5.11 Å². The molecule has 0 fully saturated rings. The third-order valence-corrected chi connectivity index (χ3v) is 5.94. The standard InChI is InChI=1S/C27H23NO/c1-17-15-18(2)25(19(3)16-17)28-26-22-13-7-9-20-10-8-14-23(24(20)22)27(26,29)21-11-5-4-6-12-21/h4-16,29H,1-3H3. The summed E-state index contributed by atoms with van der Waals surface area (Å²) in [6.45, 7) is 6.27. The SMILES string of the molecule is Cc1cc(C)c(N=C2c3cccc4cccc(c34)C2(O)c2ccccc2)c(C)c1. The smallest absolute Gasteiger partial charge is 0.158 e. The average molecular weight is 377 g/mol. The van der Waals surface area contributed by atoms with Gasteiger partial charge >= 0.3 is 0 Å². The molecule has 0 amide bonds. The summed E-state index contributed by atoms with van der Waals surface area (Å²) in [7, 11) is 0. The zero-order valence-corrected chi connectivity index (χ0v) is 16.9. The molecule has 1 N–H and O–H groups in total. The van der Waals surface area contributed by atoms with Crippen molar-refractivity contribution in [2.45, 2.75) is 26.4 Å². The lowest BCUT2D eigenvalue weighted by atomic mass is 9.85. The van der Waals surface area contributed by atoms with Gasteiger partial charge in [-0.2, -0.15) is 0 Å². The molecule has 1 unspecified atom stereocenters. The van der Waals surface area contributed by atoms with E-state index in [4.69, 9.17) is 4.99 Å². The lowest BCUT2D eigenvalue weighted by Gasteiger charge is -2.27. The van der Waals surface area contributed by atoms with Crippen molar-refractivity contribution in [1.29, 1.82) is 0 Å². The van der Waals surface area contributed by atoms with Crippen molar-refractivity contribution >= 4 is 22.2 Å². The van der Waals surface area contributed by atoms with E-state index in [1.165, 1.54) is 5.56 Å². The first-order valence-electron chi connectivity index (χ1n) is 9.97. The van der Waals surface area contributed by atoms with E-state index in [1.54, 1.807) is 0 Å². The number of nitrogens with zero attached hydrogens (tertiary/aromatic N) is 1. The van der Waals surface area contributed by atoms with Crippen molar-refractivity contribution in [3.8, 4) is 0 Å². The number of aliphatic hydroxyl groups is 1. The quantitative estimate of drug-likeness (QED) is 0.447. The predicted octanol–water partition coefficient (Wildman–Crippen LogP) is 6.14. The summed E-state index contributed by atoms with van der Waals surface area (Å²) in [6, 6.07) is 26.5. The Balaban J connectivity index is 1.88. The fraction of sp³-hybridized carbons (Fsp3) is 0.148. The van der Waals surface area contributed by atoms with Crippen LogP contribution < -0.4 is 0 Å². The van der Waals surface area contributed by atoms with E-state index in [9.17, 15) is 5.11 Å². The molecule has 5 rings (SSSR count). The Labute approximate surface area is 171 Å². The van der Waals surface area contributed by atoms with Crippen LogP contribution in [0.2, 0.25) is 0 Å². The molecule has 0 spiro atoms. The molecule has 1 atom stereocenters. The first-order valence-corrected chi connectivity index (χ1v) is 9.97. The number of hydrogen-bond acceptors (Lipinski definition) is 2. The third-order valence-electron chi connectivity index (χ3n) is 5.94. The molecule has 0 saturated carbocycles. The maximum Gasteiger partial charge on any atom is 0.158 e. The van der Waals surface area contributed by atoms with Crippen molar-refractivity contribution in [2.75, 3.05) is 0 Å². The maximum atomic E-state index is 12.2. The summed E-state index contributed by atoms with van der Waals surface area (Å²) in [5.74, 6) is 0. The van der Waals surface area contributed by atoms with Crippen LogP contribution in [0.25, 0.3) is 10.8 Å². The second-order valence-corrected chi connectivity index (χ2v) is 7.99. The summed E-state index contributed by atoms with van der Waals surface area (Å²) >= 11 is 0. The van der Waals surface area contributed by atoms with Crippen LogP contribution in [0.3, 0.4) is 0 Å². The average Bonchev–Trinajstić information content (AvgIpc) is 2.97. The summed E-state index contributed by atoms with van der Waals surface area (Å²) in [6.07, 6.45) is 0. The first kappa shape index (κ1) is 17.8. The Morgan fingerprint density at radius 2 is 1.41 bits per heavy atom. The molecule has 0 heterocycles. The highest BCUT2D eigenvalue weighted by Gasteiger charge is 2.45. The van der Waals surface area contributed by atoms with Gasteiger partial charge in [-0.1, -0.05) is 84.4 Å². The van der Waals surface area contributed by atoms with Gasteiger partial charge in [0.25, 0.3) is 0 Å². The van der Waals surface area contributed by atoms with Gasteiger partial charge in [-0.25, -0.2) is 4.99 Å². The van der Waals surface area contributed by atoms with Crippen LogP contribution in [-0.4, -0.2) is 10.8 Å². The summed E-state index contributed by atoms with van der Waals surface area (Å²) < 4.78 is 0. The van der Waals surface area contributed by atoms with Gasteiger partial charge in [0.15, 0.2) is 5.60 Å². The minimum absolute atomic E-state index is 0.700. The largest absolute Gasteiger partial charge is 0.374 e. The highest BCUT2D eigenvalue weighted by atomic mass is 16.3. The Hall–Kier alpha value is -3.23. The van der Waals surface area contributed by atoms with Crippen LogP contribution in [0.5, 0.6) is 0 Å². The van der Waals surface area contributed by atoms with Crippen molar-refractivity contribution in [3.05, 3.63) is 112 Å². The minimum Gasteiger partial charge on any atom is -0.374 e. The van der Waals surface area contributed by atoms with Crippen molar-refractivity contribution < 1.29 is 5.11 Å². The molecule has 0 saturated heterocycles. The maximum absolute atomic E-state index is 12.2. The van der Waals surface area contributed by atoms with E-state index in [1.807, 2.05) is 48.5 Å². The third kappa shape index (κ3) is 2.56. The molecule has 2 nitrogen and oxygen atoms in total. The van der Waals surface area contributed by atoms with Crippen LogP contribution in [0.4, 0.5) is 5.69 Å². The van der Waals surface area contributed by atoms with E-state index in [0.29, 0.717) is 5.71 Å². The van der Waals surface area contributed by atoms with Gasteiger partial charge in [0.2, 0.25) is 0 Å². The summed E-state index contributed by atoms with van der Waals surface area (Å²) in [4.78, 5) is 5.13. The molecule has 0 radical (unpaired) electrons. The van der Waals surface area contributed by atoms with E-state index in [0.717, 1.165) is 44.3 Å². The minimum atomic E-state index is -1.28. The topological polar surface area (TPSA) is 32.6 Å². The van der Waals surface area contributed by atoms with E-state index >= 15 is 0 Å². The molecule has 1 aliphatic carbocycles.